The van der Waals surface area contributed by atoms with Gasteiger partial charge in [-0.3, -0.25) is 0 Å². The molecule has 23 heavy (non-hydrogen) atoms. The summed E-state index contributed by atoms with van der Waals surface area (Å²) in [7, 11) is 0. The molecule has 0 saturated heterocycles. The summed E-state index contributed by atoms with van der Waals surface area (Å²) in [5.74, 6) is 0. The summed E-state index contributed by atoms with van der Waals surface area (Å²) in [6.07, 6.45) is 2.10. The van der Waals surface area contributed by atoms with Crippen LogP contribution in [0.5, 0.6) is 0 Å². The summed E-state index contributed by atoms with van der Waals surface area (Å²) >= 11 is -2.48. The topological polar surface area (TPSA) is 0 Å². The fourth-order valence-corrected chi connectivity index (χ4v) is 11.3. The normalized spacial score (nSPS) is 10.6. The minimum atomic E-state index is -2.48. The Morgan fingerprint density at radius 1 is 0.609 bits per heavy atom. The fourth-order valence-electron chi connectivity index (χ4n) is 3.00. The third-order valence-corrected chi connectivity index (χ3v) is 13.1. The Labute approximate surface area is 158 Å². The van der Waals surface area contributed by atoms with Crippen molar-refractivity contribution < 1.29 is 24.0 Å². The van der Waals surface area contributed by atoms with Crippen molar-refractivity contribution in [1.29, 1.82) is 0 Å². The van der Waals surface area contributed by atoms with Gasteiger partial charge in [0, 0.05) is 0 Å². The van der Waals surface area contributed by atoms with Crippen molar-refractivity contribution in [3.8, 4) is 0 Å². The second-order valence-electron chi connectivity index (χ2n) is 5.29. The third-order valence-electron chi connectivity index (χ3n) is 3.99. The maximum absolute atomic E-state index is 4.07. The first-order chi connectivity index (χ1) is 10.9. The zero-order chi connectivity index (χ0) is 15.3. The molecule has 2 heteroatoms. The van der Waals surface area contributed by atoms with Gasteiger partial charge in [-0.05, 0) is 0 Å². The van der Waals surface area contributed by atoms with E-state index in [1.807, 2.05) is 0 Å². The average molecular weight is 474 g/mol. The van der Waals surface area contributed by atoms with E-state index >= 15 is 0 Å². The first-order valence-corrected chi connectivity index (χ1v) is 11.7. The molecule has 0 nitrogen and oxygen atoms in total. The number of halogens is 1. The summed E-state index contributed by atoms with van der Waals surface area (Å²) in [6, 6.07) is 32.9. The molecule has 0 aliphatic carbocycles. The van der Waals surface area contributed by atoms with Crippen LogP contribution in [0.1, 0.15) is 0 Å². The molecule has 0 amide bonds. The van der Waals surface area contributed by atoms with Crippen LogP contribution in [-0.2, 0) is 0 Å². The Hall–Kier alpha value is -1.31. The molecule has 0 N–H and O–H groups in total. The van der Waals surface area contributed by atoms with Gasteiger partial charge in [0.05, 0.1) is 0 Å². The van der Waals surface area contributed by atoms with E-state index in [1.165, 1.54) is 13.1 Å². The van der Waals surface area contributed by atoms with E-state index in [9.17, 15) is 0 Å². The van der Waals surface area contributed by atoms with Crippen molar-refractivity contribution in [2.75, 3.05) is 0 Å². The molecule has 0 atom stereocenters. The summed E-state index contributed by atoms with van der Waals surface area (Å²) in [5, 5.41) is 1.04. The van der Waals surface area contributed by atoms with Gasteiger partial charge >= 0.3 is 135 Å². The second kappa shape index (κ2) is 8.52. The van der Waals surface area contributed by atoms with Gasteiger partial charge in [0.2, 0.25) is 0 Å². The van der Waals surface area contributed by atoms with Crippen LogP contribution in [0.2, 0.25) is 5.21 Å². The number of allylic oxidation sites excluding steroid dienone is 1. The van der Waals surface area contributed by atoms with Gasteiger partial charge in [-0.1, -0.05) is 0 Å². The molecule has 3 rings (SSSR count). The molecule has 3 aromatic carbocycles. The van der Waals surface area contributed by atoms with Crippen molar-refractivity contribution in [2.45, 2.75) is 5.21 Å². The maximum atomic E-state index is 4.07. The van der Waals surface area contributed by atoms with Gasteiger partial charge in [-0.25, -0.2) is 0 Å². The molecule has 0 bridgehead atoms. The van der Waals surface area contributed by atoms with E-state index in [0.29, 0.717) is 0 Å². The van der Waals surface area contributed by atoms with Crippen LogP contribution in [0.4, 0.5) is 0 Å². The average Bonchev–Trinajstić information content (AvgIpc) is 2.62. The van der Waals surface area contributed by atoms with Gasteiger partial charge in [0.1, 0.15) is 0 Å². The monoisotopic (exact) mass is 474 g/mol. The number of hydrogen-bond acceptors (Lipinski definition) is 0. The van der Waals surface area contributed by atoms with Gasteiger partial charge in [-0.15, -0.1) is 0 Å². The molecule has 0 heterocycles. The molecule has 0 saturated carbocycles. The van der Waals surface area contributed by atoms with E-state index in [-0.39, 0.29) is 24.0 Å². The first kappa shape index (κ1) is 18.0. The van der Waals surface area contributed by atoms with E-state index in [0.717, 1.165) is 5.21 Å². The maximum Gasteiger partial charge on any atom is -1.00 e. The van der Waals surface area contributed by atoms with E-state index in [4.69, 9.17) is 0 Å². The van der Waals surface area contributed by atoms with Crippen LogP contribution in [0.25, 0.3) is 0 Å². The van der Waals surface area contributed by atoms with Gasteiger partial charge < -0.3 is 24.0 Å². The zero-order valence-electron chi connectivity index (χ0n) is 13.0. The van der Waals surface area contributed by atoms with Crippen LogP contribution in [-0.4, -0.2) is 13.6 Å². The van der Waals surface area contributed by atoms with Gasteiger partial charge in [0.25, 0.3) is 0 Å². The van der Waals surface area contributed by atoms with Crippen molar-refractivity contribution in [3.63, 3.8) is 0 Å². The minimum Gasteiger partial charge on any atom is -1.00 e. The Morgan fingerprint density at radius 3 is 1.17 bits per heavy atom. The number of benzene rings is 3. The molecular formula is C21H20AsI. The molecule has 0 spiro atoms. The molecule has 0 aliphatic rings. The van der Waals surface area contributed by atoms with Crippen LogP contribution in [0, 0.1) is 0 Å². The standard InChI is InChI=1S/C21H20As.HI/c1-2-18-22(19-12-6-3-7-13-19,20-14-8-4-9-15-20)21-16-10-5-11-17-21;/h2-17H,1,18H2;1H/q+1;/p-1. The number of hydrogen-bond donors (Lipinski definition) is 0. The summed E-state index contributed by atoms with van der Waals surface area (Å²) < 4.78 is 4.41. The Kier molecular flexibility index (Phi) is 6.68. The molecule has 0 unspecified atom stereocenters. The predicted molar refractivity (Wildman–Crippen MR) is 99.0 cm³/mol. The van der Waals surface area contributed by atoms with Crippen LogP contribution in [0.3, 0.4) is 0 Å². The van der Waals surface area contributed by atoms with E-state index < -0.39 is 13.6 Å². The molecule has 0 fully saturated rings. The van der Waals surface area contributed by atoms with Gasteiger partial charge in [0.15, 0.2) is 0 Å². The molecule has 0 aromatic heterocycles. The summed E-state index contributed by atoms with van der Waals surface area (Å²) in [6.45, 7) is 4.07. The van der Waals surface area contributed by atoms with Crippen molar-refractivity contribution >= 4 is 26.6 Å². The predicted octanol–water partition coefficient (Wildman–Crippen LogP) is 0.347. The second-order valence-corrected chi connectivity index (χ2v) is 12.7. The van der Waals surface area contributed by atoms with Crippen molar-refractivity contribution in [2.24, 2.45) is 0 Å². The smallest absolute Gasteiger partial charge is 1.00 e. The van der Waals surface area contributed by atoms with Crippen molar-refractivity contribution in [1.82, 2.24) is 0 Å². The largest absolute Gasteiger partial charge is 1.00 e. The Balaban J connectivity index is 0.00000192. The van der Waals surface area contributed by atoms with Crippen molar-refractivity contribution in [3.05, 3.63) is 104 Å². The summed E-state index contributed by atoms with van der Waals surface area (Å²) in [4.78, 5) is 0. The molecule has 0 radical (unpaired) electrons. The molecule has 0 aliphatic heterocycles. The third kappa shape index (κ3) is 3.62. The molecular weight excluding hydrogens is 454 g/mol. The van der Waals surface area contributed by atoms with Gasteiger partial charge in [-0.2, -0.15) is 0 Å². The number of rotatable bonds is 5. The quantitative estimate of drug-likeness (QED) is 0.285. The van der Waals surface area contributed by atoms with Crippen LogP contribution in [0.15, 0.2) is 104 Å². The SMILES string of the molecule is C=CC[As+](c1ccccc1)(c1ccccc1)c1ccccc1.[I-]. The van der Waals surface area contributed by atoms with Crippen LogP contribution >= 0.6 is 0 Å². The Morgan fingerprint density at radius 2 is 0.913 bits per heavy atom. The van der Waals surface area contributed by atoms with E-state index in [2.05, 4.69) is 104 Å². The van der Waals surface area contributed by atoms with E-state index in [1.54, 1.807) is 0 Å². The Bertz CT molecular complexity index is 627. The minimum absolute atomic E-state index is 0. The first-order valence-electron chi connectivity index (χ1n) is 7.54. The summed E-state index contributed by atoms with van der Waals surface area (Å²) in [5.41, 5.74) is 0. The molecule has 116 valence electrons. The molecule has 3 aromatic rings. The zero-order valence-corrected chi connectivity index (χ0v) is 17.0. The van der Waals surface area contributed by atoms with Crippen LogP contribution < -0.4 is 37.0 Å². The fraction of sp³-hybridized carbons (Fsp3) is 0.0476.